The van der Waals surface area contributed by atoms with Gasteiger partial charge in [-0.1, -0.05) is 30.3 Å². The van der Waals surface area contributed by atoms with E-state index in [4.69, 9.17) is 5.11 Å². The topological polar surface area (TPSA) is 79.3 Å². The summed E-state index contributed by atoms with van der Waals surface area (Å²) in [6, 6.07) is 10.6. The number of aromatic carboxylic acids is 1. The Morgan fingerprint density at radius 1 is 1.15 bits per heavy atom. The molecule has 2 rings (SSSR count). The van der Waals surface area contributed by atoms with Crippen LogP contribution in [0.5, 0.6) is 0 Å². The molecule has 0 aliphatic carbocycles. The molecule has 102 valence electrons. The Morgan fingerprint density at radius 2 is 1.85 bits per heavy atom. The Balaban J connectivity index is 2.19. The van der Waals surface area contributed by atoms with E-state index in [1.54, 1.807) is 0 Å². The summed E-state index contributed by atoms with van der Waals surface area (Å²) in [5, 5.41) is 11.8. The highest BCUT2D eigenvalue weighted by Crippen LogP contribution is 2.13. The van der Waals surface area contributed by atoms with Crippen molar-refractivity contribution in [2.45, 2.75) is 13.0 Å². The van der Waals surface area contributed by atoms with Gasteiger partial charge in [0.15, 0.2) is 0 Å². The maximum absolute atomic E-state index is 12.2. The van der Waals surface area contributed by atoms with Crippen LogP contribution >= 0.6 is 0 Å². The summed E-state index contributed by atoms with van der Waals surface area (Å²) in [6.07, 6.45) is 2.57. The van der Waals surface area contributed by atoms with Gasteiger partial charge in [-0.15, -0.1) is 0 Å². The number of amides is 1. The standard InChI is InChI=1S/C15H14N2O3/c1-10(11-5-3-2-4-6-11)17-14(18)12-7-8-16-9-13(12)15(19)20/h2-10H,1H3,(H,17,18)(H,19,20). The Hall–Kier alpha value is -2.69. The predicted molar refractivity (Wildman–Crippen MR) is 73.5 cm³/mol. The van der Waals surface area contributed by atoms with Crippen molar-refractivity contribution in [3.63, 3.8) is 0 Å². The van der Waals surface area contributed by atoms with E-state index in [1.165, 1.54) is 18.5 Å². The molecule has 5 nitrogen and oxygen atoms in total. The van der Waals surface area contributed by atoms with Gasteiger partial charge >= 0.3 is 5.97 Å². The average Bonchev–Trinajstić information content (AvgIpc) is 2.48. The molecule has 1 amide bonds. The number of carboxylic acid groups (broad SMARTS) is 1. The Kier molecular flexibility index (Phi) is 4.10. The maximum atomic E-state index is 12.2. The zero-order valence-electron chi connectivity index (χ0n) is 10.9. The van der Waals surface area contributed by atoms with Crippen molar-refractivity contribution in [1.82, 2.24) is 10.3 Å². The van der Waals surface area contributed by atoms with Crippen molar-refractivity contribution >= 4 is 11.9 Å². The van der Waals surface area contributed by atoms with E-state index in [9.17, 15) is 9.59 Å². The third-order valence-corrected chi connectivity index (χ3v) is 2.94. The fourth-order valence-corrected chi connectivity index (χ4v) is 1.86. The molecular weight excluding hydrogens is 256 g/mol. The molecule has 1 unspecified atom stereocenters. The summed E-state index contributed by atoms with van der Waals surface area (Å²) in [4.78, 5) is 26.9. The van der Waals surface area contributed by atoms with Gasteiger partial charge in [-0.3, -0.25) is 9.78 Å². The van der Waals surface area contributed by atoms with Crippen LogP contribution in [0.4, 0.5) is 0 Å². The van der Waals surface area contributed by atoms with Gasteiger partial charge in [-0.25, -0.2) is 4.79 Å². The molecule has 0 spiro atoms. The number of hydrogen-bond acceptors (Lipinski definition) is 3. The maximum Gasteiger partial charge on any atom is 0.338 e. The molecule has 5 heteroatoms. The summed E-state index contributed by atoms with van der Waals surface area (Å²) >= 11 is 0. The van der Waals surface area contributed by atoms with Crippen LogP contribution in [0.25, 0.3) is 0 Å². The second-order valence-corrected chi connectivity index (χ2v) is 4.33. The minimum absolute atomic E-state index is 0.106. The Labute approximate surface area is 116 Å². The number of carbonyl (C=O) groups is 2. The number of benzene rings is 1. The van der Waals surface area contributed by atoms with E-state index < -0.39 is 11.9 Å². The van der Waals surface area contributed by atoms with Gasteiger partial charge in [-0.2, -0.15) is 0 Å². The molecule has 1 heterocycles. The zero-order valence-corrected chi connectivity index (χ0v) is 10.9. The predicted octanol–water partition coefficient (Wildman–Crippen LogP) is 2.27. The second-order valence-electron chi connectivity index (χ2n) is 4.33. The highest BCUT2D eigenvalue weighted by Gasteiger charge is 2.18. The molecule has 0 fully saturated rings. The summed E-state index contributed by atoms with van der Waals surface area (Å²) in [7, 11) is 0. The number of hydrogen-bond donors (Lipinski definition) is 2. The molecule has 0 aliphatic rings. The molecule has 20 heavy (non-hydrogen) atoms. The van der Waals surface area contributed by atoms with Crippen molar-refractivity contribution in [1.29, 1.82) is 0 Å². The summed E-state index contributed by atoms with van der Waals surface area (Å²) in [5.41, 5.74) is 0.951. The lowest BCUT2D eigenvalue weighted by Crippen LogP contribution is -2.28. The lowest BCUT2D eigenvalue weighted by atomic mass is 10.1. The first kappa shape index (κ1) is 13.7. The molecule has 0 saturated heterocycles. The Bertz CT molecular complexity index is 626. The first-order valence-corrected chi connectivity index (χ1v) is 6.12. The zero-order chi connectivity index (χ0) is 14.5. The van der Waals surface area contributed by atoms with Crippen LogP contribution in [0.2, 0.25) is 0 Å². The number of pyridine rings is 1. The van der Waals surface area contributed by atoms with Crippen LogP contribution in [0.3, 0.4) is 0 Å². The fourth-order valence-electron chi connectivity index (χ4n) is 1.86. The molecule has 2 N–H and O–H groups in total. The second kappa shape index (κ2) is 5.97. The lowest BCUT2D eigenvalue weighted by Gasteiger charge is -2.15. The van der Waals surface area contributed by atoms with Crippen LogP contribution in [0.1, 0.15) is 39.2 Å². The van der Waals surface area contributed by atoms with Crippen LogP contribution < -0.4 is 5.32 Å². The molecule has 1 atom stereocenters. The fraction of sp³-hybridized carbons (Fsp3) is 0.133. The van der Waals surface area contributed by atoms with Crippen LogP contribution in [0, 0.1) is 0 Å². The number of carbonyl (C=O) groups excluding carboxylic acids is 1. The quantitative estimate of drug-likeness (QED) is 0.893. The SMILES string of the molecule is CC(NC(=O)c1ccncc1C(=O)O)c1ccccc1. The van der Waals surface area contributed by atoms with Gasteiger partial charge in [0.1, 0.15) is 0 Å². The first-order valence-electron chi connectivity index (χ1n) is 6.12. The Morgan fingerprint density at radius 3 is 2.50 bits per heavy atom. The van der Waals surface area contributed by atoms with Gasteiger partial charge in [0.2, 0.25) is 0 Å². The van der Waals surface area contributed by atoms with Gasteiger partial charge in [-0.05, 0) is 18.6 Å². The summed E-state index contributed by atoms with van der Waals surface area (Å²) < 4.78 is 0. The molecule has 1 aromatic carbocycles. The average molecular weight is 270 g/mol. The van der Waals surface area contributed by atoms with Crippen molar-refractivity contribution in [2.24, 2.45) is 0 Å². The molecule has 0 aliphatic heterocycles. The van der Waals surface area contributed by atoms with Crippen LogP contribution in [0.15, 0.2) is 48.8 Å². The highest BCUT2D eigenvalue weighted by molar-refractivity contribution is 6.04. The summed E-state index contributed by atoms with van der Waals surface area (Å²) in [5.74, 6) is -1.60. The molecule has 0 saturated carbocycles. The van der Waals surface area contributed by atoms with Gasteiger partial charge in [0, 0.05) is 12.4 Å². The van der Waals surface area contributed by atoms with E-state index >= 15 is 0 Å². The number of nitrogens with one attached hydrogen (secondary N) is 1. The first-order chi connectivity index (χ1) is 9.59. The van der Waals surface area contributed by atoms with E-state index in [2.05, 4.69) is 10.3 Å². The normalized spacial score (nSPS) is 11.7. The van der Waals surface area contributed by atoms with Gasteiger partial charge < -0.3 is 10.4 Å². The molecule has 0 bridgehead atoms. The van der Waals surface area contributed by atoms with E-state index in [-0.39, 0.29) is 17.2 Å². The largest absolute Gasteiger partial charge is 0.478 e. The number of carboxylic acids is 1. The van der Waals surface area contributed by atoms with Crippen molar-refractivity contribution in [2.75, 3.05) is 0 Å². The van der Waals surface area contributed by atoms with E-state index in [0.29, 0.717) is 0 Å². The number of nitrogens with zero attached hydrogens (tertiary/aromatic N) is 1. The molecular formula is C15H14N2O3. The van der Waals surface area contributed by atoms with Gasteiger partial charge in [0.05, 0.1) is 17.2 Å². The minimum atomic E-state index is -1.17. The van der Waals surface area contributed by atoms with Crippen LogP contribution in [-0.2, 0) is 0 Å². The third kappa shape index (κ3) is 3.00. The minimum Gasteiger partial charge on any atom is -0.478 e. The lowest BCUT2D eigenvalue weighted by molar-refractivity contribution is 0.0690. The van der Waals surface area contributed by atoms with E-state index in [0.717, 1.165) is 5.56 Å². The number of aromatic nitrogens is 1. The van der Waals surface area contributed by atoms with Crippen molar-refractivity contribution < 1.29 is 14.7 Å². The monoisotopic (exact) mass is 270 g/mol. The summed E-state index contributed by atoms with van der Waals surface area (Å²) in [6.45, 7) is 1.84. The van der Waals surface area contributed by atoms with Crippen LogP contribution in [-0.4, -0.2) is 22.0 Å². The van der Waals surface area contributed by atoms with Crippen molar-refractivity contribution in [3.05, 3.63) is 65.5 Å². The molecule has 1 aromatic heterocycles. The van der Waals surface area contributed by atoms with Gasteiger partial charge in [0.25, 0.3) is 5.91 Å². The third-order valence-electron chi connectivity index (χ3n) is 2.94. The number of rotatable bonds is 4. The smallest absolute Gasteiger partial charge is 0.338 e. The van der Waals surface area contributed by atoms with E-state index in [1.807, 2.05) is 37.3 Å². The highest BCUT2D eigenvalue weighted by atomic mass is 16.4. The molecule has 0 radical (unpaired) electrons. The van der Waals surface area contributed by atoms with Crippen molar-refractivity contribution in [3.8, 4) is 0 Å². The molecule has 2 aromatic rings.